The normalized spacial score (nSPS) is 24.8. The van der Waals surface area contributed by atoms with Gasteiger partial charge in [-0.3, -0.25) is 4.98 Å². The van der Waals surface area contributed by atoms with Crippen LogP contribution in [0, 0.1) is 17.6 Å². The number of hydrogen-bond acceptors (Lipinski definition) is 8. The number of imidazole rings is 1. The van der Waals surface area contributed by atoms with Gasteiger partial charge in [0.2, 0.25) is 5.95 Å². The van der Waals surface area contributed by atoms with E-state index in [1.165, 1.54) is 22.7 Å². The average Bonchev–Trinajstić information content (AvgIpc) is 3.33. The summed E-state index contributed by atoms with van der Waals surface area (Å²) in [6.45, 7) is 2.64. The molecule has 9 nitrogen and oxygen atoms in total. The van der Waals surface area contributed by atoms with Crippen molar-refractivity contribution < 1.29 is 23.7 Å². The van der Waals surface area contributed by atoms with Gasteiger partial charge in [-0.25, -0.2) is 13.8 Å². The molecule has 11 heteroatoms. The number of nitrogens with one attached hydrogen (secondary N) is 1. The summed E-state index contributed by atoms with van der Waals surface area (Å²) in [7, 11) is 0. The minimum atomic E-state index is -1.34. The first-order valence-electron chi connectivity index (χ1n) is 13.5. The van der Waals surface area contributed by atoms with Gasteiger partial charge in [0, 0.05) is 38.3 Å². The van der Waals surface area contributed by atoms with Crippen molar-refractivity contribution in [2.75, 3.05) is 18.5 Å². The van der Waals surface area contributed by atoms with Crippen molar-refractivity contribution in [1.82, 2.24) is 19.6 Å². The number of anilines is 2. The highest BCUT2D eigenvalue weighted by Gasteiger charge is 2.35. The summed E-state index contributed by atoms with van der Waals surface area (Å²) in [6.07, 6.45) is 6.42. The lowest BCUT2D eigenvalue weighted by molar-refractivity contribution is -0.0682. The third kappa shape index (κ3) is 4.83. The van der Waals surface area contributed by atoms with E-state index < -0.39 is 23.3 Å². The van der Waals surface area contributed by atoms with Gasteiger partial charge in [-0.15, -0.1) is 0 Å². The monoisotopic (exact) mass is 550 g/mol. The fraction of sp³-hybridized carbons (Fsp3) is 0.414. The molecule has 1 saturated heterocycles. The van der Waals surface area contributed by atoms with E-state index in [0.717, 1.165) is 17.7 Å². The quantitative estimate of drug-likeness (QED) is 0.293. The fourth-order valence-corrected chi connectivity index (χ4v) is 6.00. The molecule has 6 rings (SSSR count). The molecule has 210 valence electrons. The minimum Gasteiger partial charge on any atom is -0.391 e. The van der Waals surface area contributed by atoms with Gasteiger partial charge in [-0.1, -0.05) is 6.92 Å². The van der Waals surface area contributed by atoms with E-state index in [4.69, 9.17) is 10.5 Å². The average molecular weight is 551 g/mol. The Labute approximate surface area is 230 Å². The van der Waals surface area contributed by atoms with Gasteiger partial charge in [0.1, 0.15) is 11.6 Å². The maximum Gasteiger partial charge on any atom is 0.229 e. The molecule has 1 aromatic carbocycles. The lowest BCUT2D eigenvalue weighted by Gasteiger charge is -2.36. The van der Waals surface area contributed by atoms with Crippen LogP contribution in [0.1, 0.15) is 49.7 Å². The smallest absolute Gasteiger partial charge is 0.229 e. The first-order valence-corrected chi connectivity index (χ1v) is 13.5. The highest BCUT2D eigenvalue weighted by Crippen LogP contribution is 2.39. The van der Waals surface area contributed by atoms with Gasteiger partial charge in [-0.05, 0) is 66.1 Å². The Morgan fingerprint density at radius 2 is 1.85 bits per heavy atom. The maximum absolute atomic E-state index is 15.3. The standard InChI is InChI=1S/C29H32F2N6O3/c1-16-10-17(11-23(32)27(16)38)20-4-7-33-15-25(20)35-28-34-14-19-2-3-24(36-37(19)28)26-21(30)12-18(13-22(26)31)29(39)5-8-40-9-6-29/h2-4,7,12-17,23,27,38-39H,5-6,8-11,32H2,1H3,(H,34,35). The second-order valence-electron chi connectivity index (χ2n) is 11.0. The Kier molecular flexibility index (Phi) is 6.99. The molecule has 1 saturated carbocycles. The molecule has 0 amide bonds. The van der Waals surface area contributed by atoms with Crippen LogP contribution in [-0.4, -0.2) is 55.2 Å². The highest BCUT2D eigenvalue weighted by atomic mass is 19.1. The van der Waals surface area contributed by atoms with Crippen molar-refractivity contribution in [2.24, 2.45) is 11.7 Å². The molecule has 1 aliphatic heterocycles. The molecule has 2 aliphatic rings. The molecule has 40 heavy (non-hydrogen) atoms. The highest BCUT2D eigenvalue weighted by molar-refractivity contribution is 5.66. The summed E-state index contributed by atoms with van der Waals surface area (Å²) in [5.41, 5.74) is 7.21. The number of aliphatic hydroxyl groups excluding tert-OH is 1. The third-order valence-electron chi connectivity index (χ3n) is 8.32. The summed E-state index contributed by atoms with van der Waals surface area (Å²) >= 11 is 0. The number of hydrogen-bond donors (Lipinski definition) is 4. The van der Waals surface area contributed by atoms with Gasteiger partial charge in [-0.2, -0.15) is 9.61 Å². The van der Waals surface area contributed by atoms with Crippen LogP contribution in [0.5, 0.6) is 0 Å². The Bertz CT molecular complexity index is 1500. The Balaban J connectivity index is 1.33. The molecule has 4 unspecified atom stereocenters. The number of pyridine rings is 1. The van der Waals surface area contributed by atoms with Crippen LogP contribution in [-0.2, 0) is 10.3 Å². The molecule has 1 aliphatic carbocycles. The van der Waals surface area contributed by atoms with Gasteiger partial charge in [0.25, 0.3) is 0 Å². The molecule has 0 spiro atoms. The number of aliphatic hydroxyl groups is 2. The van der Waals surface area contributed by atoms with Crippen molar-refractivity contribution in [1.29, 1.82) is 0 Å². The topological polar surface area (TPSA) is 131 Å². The SMILES string of the molecule is CC1CC(c2ccncc2Nc2ncc3ccc(-c4c(F)cc(C5(O)CCOCC5)cc4F)nn23)CC(N)C1O. The van der Waals surface area contributed by atoms with E-state index in [1.807, 2.05) is 13.0 Å². The van der Waals surface area contributed by atoms with Crippen LogP contribution < -0.4 is 11.1 Å². The summed E-state index contributed by atoms with van der Waals surface area (Å²) in [5.74, 6) is -1.10. The summed E-state index contributed by atoms with van der Waals surface area (Å²) in [4.78, 5) is 8.71. The van der Waals surface area contributed by atoms with Crippen LogP contribution >= 0.6 is 0 Å². The zero-order valence-corrected chi connectivity index (χ0v) is 22.1. The molecular weight excluding hydrogens is 518 g/mol. The zero-order chi connectivity index (χ0) is 28.0. The number of nitrogens with zero attached hydrogens (tertiary/aromatic N) is 4. The van der Waals surface area contributed by atoms with Crippen molar-refractivity contribution in [2.45, 2.75) is 56.3 Å². The molecule has 5 N–H and O–H groups in total. The van der Waals surface area contributed by atoms with Gasteiger partial charge < -0.3 is 26.0 Å². The lowest BCUT2D eigenvalue weighted by Crippen LogP contribution is -2.44. The molecule has 0 bridgehead atoms. The minimum absolute atomic E-state index is 0.0505. The molecule has 4 atom stereocenters. The van der Waals surface area contributed by atoms with Crippen molar-refractivity contribution in [3.63, 3.8) is 0 Å². The lowest BCUT2D eigenvalue weighted by atomic mass is 9.74. The Morgan fingerprint density at radius 3 is 2.58 bits per heavy atom. The maximum atomic E-state index is 15.3. The molecule has 2 fully saturated rings. The zero-order valence-electron chi connectivity index (χ0n) is 22.1. The number of nitrogens with two attached hydrogens (primary N) is 1. The summed E-state index contributed by atoms with van der Waals surface area (Å²) in [6, 6.07) is 7.19. The number of ether oxygens (including phenoxy) is 1. The van der Waals surface area contributed by atoms with E-state index in [-0.39, 0.29) is 47.5 Å². The number of fused-ring (bicyclic) bond motifs is 1. The van der Waals surface area contributed by atoms with Crippen molar-refractivity contribution >= 4 is 17.2 Å². The van der Waals surface area contributed by atoms with E-state index >= 15 is 8.78 Å². The van der Waals surface area contributed by atoms with Crippen LogP contribution in [0.2, 0.25) is 0 Å². The van der Waals surface area contributed by atoms with Crippen LogP contribution in [0.25, 0.3) is 16.8 Å². The predicted molar refractivity (Wildman–Crippen MR) is 145 cm³/mol. The first-order chi connectivity index (χ1) is 19.2. The van der Waals surface area contributed by atoms with Crippen molar-refractivity contribution in [3.8, 4) is 11.3 Å². The first kappa shape index (κ1) is 26.7. The summed E-state index contributed by atoms with van der Waals surface area (Å²) < 4.78 is 37.5. The Morgan fingerprint density at radius 1 is 1.10 bits per heavy atom. The molecule has 4 heterocycles. The van der Waals surface area contributed by atoms with Crippen molar-refractivity contribution in [3.05, 3.63) is 71.7 Å². The van der Waals surface area contributed by atoms with Gasteiger partial charge >= 0.3 is 0 Å². The van der Waals surface area contributed by atoms with Gasteiger partial charge in [0.05, 0.1) is 46.6 Å². The van der Waals surface area contributed by atoms with E-state index in [9.17, 15) is 10.2 Å². The number of halogens is 2. The van der Waals surface area contributed by atoms with E-state index in [1.54, 1.807) is 24.7 Å². The molecule has 4 aromatic rings. The van der Waals surface area contributed by atoms with Crippen LogP contribution in [0.3, 0.4) is 0 Å². The fourth-order valence-electron chi connectivity index (χ4n) is 6.00. The number of rotatable bonds is 5. The van der Waals surface area contributed by atoms with Crippen LogP contribution in [0.4, 0.5) is 20.4 Å². The second kappa shape index (κ2) is 10.5. The van der Waals surface area contributed by atoms with Crippen LogP contribution in [0.15, 0.2) is 48.9 Å². The van der Waals surface area contributed by atoms with E-state index in [0.29, 0.717) is 31.1 Å². The molecular formula is C29H32F2N6O3. The second-order valence-corrected chi connectivity index (χ2v) is 11.0. The van der Waals surface area contributed by atoms with E-state index in [2.05, 4.69) is 20.4 Å². The molecule has 3 aromatic heterocycles. The number of benzene rings is 1. The molecule has 0 radical (unpaired) electrons. The Hall–Kier alpha value is -3.51. The number of aromatic nitrogens is 4. The summed E-state index contributed by atoms with van der Waals surface area (Å²) in [5, 5.41) is 29.0. The largest absolute Gasteiger partial charge is 0.391 e. The van der Waals surface area contributed by atoms with Gasteiger partial charge in [0.15, 0.2) is 0 Å². The predicted octanol–water partition coefficient (Wildman–Crippen LogP) is 4.01. The third-order valence-corrected chi connectivity index (χ3v) is 8.32.